The fraction of sp³-hybridized carbons (Fsp3) is 0.300. The van der Waals surface area contributed by atoms with Crippen molar-refractivity contribution in [1.82, 2.24) is 4.90 Å². The number of esters is 1. The highest BCUT2D eigenvalue weighted by Crippen LogP contribution is 2.41. The van der Waals surface area contributed by atoms with Gasteiger partial charge >= 0.3 is 5.97 Å². The number of hydrogen-bond donors (Lipinski definition) is 1. The van der Waals surface area contributed by atoms with Crippen molar-refractivity contribution in [2.45, 2.75) is 25.3 Å². The standard InChI is InChI=1S/C20H20N2O6S/c1-12(23)14-5-3-6-15(9-14)21-18(25)10-28-20(26)16-11-29-19(22(16)13(2)24)17-7-4-8-27-17/h3-9,16,19H,10-11H2,1-2H3,(H,21,25)/t16-,19+/m1/s1. The molecule has 1 N–H and O–H groups in total. The molecule has 0 saturated carbocycles. The summed E-state index contributed by atoms with van der Waals surface area (Å²) in [6.07, 6.45) is 1.51. The van der Waals surface area contributed by atoms with Crippen molar-refractivity contribution in [2.75, 3.05) is 17.7 Å². The molecule has 2 amide bonds. The third-order valence-electron chi connectivity index (χ3n) is 4.32. The van der Waals surface area contributed by atoms with E-state index in [9.17, 15) is 19.2 Å². The van der Waals surface area contributed by atoms with Crippen molar-refractivity contribution < 1.29 is 28.3 Å². The molecule has 8 nitrogen and oxygen atoms in total. The van der Waals surface area contributed by atoms with E-state index in [-0.39, 0.29) is 11.7 Å². The summed E-state index contributed by atoms with van der Waals surface area (Å²) in [7, 11) is 0. The van der Waals surface area contributed by atoms with Gasteiger partial charge in [-0.2, -0.15) is 0 Å². The summed E-state index contributed by atoms with van der Waals surface area (Å²) in [5, 5.41) is 2.17. The van der Waals surface area contributed by atoms with Gasteiger partial charge in [0.2, 0.25) is 5.91 Å². The molecule has 1 aromatic carbocycles. The molecule has 0 radical (unpaired) electrons. The normalized spacial score (nSPS) is 18.3. The molecule has 1 aliphatic rings. The van der Waals surface area contributed by atoms with Gasteiger partial charge in [-0.25, -0.2) is 4.79 Å². The van der Waals surface area contributed by atoms with Crippen LogP contribution in [-0.4, -0.2) is 46.9 Å². The number of carbonyl (C=O) groups is 4. The molecule has 0 unspecified atom stereocenters. The number of ketones is 1. The minimum absolute atomic E-state index is 0.123. The number of rotatable bonds is 6. The Hall–Kier alpha value is -3.07. The molecule has 152 valence electrons. The average molecular weight is 416 g/mol. The summed E-state index contributed by atoms with van der Waals surface area (Å²) in [5.74, 6) is -0.698. The molecule has 2 atom stereocenters. The highest BCUT2D eigenvalue weighted by atomic mass is 32.2. The highest BCUT2D eigenvalue weighted by molar-refractivity contribution is 7.99. The van der Waals surface area contributed by atoms with Crippen LogP contribution in [-0.2, 0) is 19.1 Å². The lowest BCUT2D eigenvalue weighted by Gasteiger charge is -2.25. The summed E-state index contributed by atoms with van der Waals surface area (Å²) in [4.78, 5) is 49.5. The molecular formula is C20H20N2O6S. The summed E-state index contributed by atoms with van der Waals surface area (Å²) in [6, 6.07) is 9.11. The minimum Gasteiger partial charge on any atom is -0.466 e. The maximum absolute atomic E-state index is 12.5. The zero-order chi connectivity index (χ0) is 21.0. The van der Waals surface area contributed by atoms with E-state index in [4.69, 9.17) is 9.15 Å². The van der Waals surface area contributed by atoms with Gasteiger partial charge in [-0.05, 0) is 31.2 Å². The molecule has 1 fully saturated rings. The summed E-state index contributed by atoms with van der Waals surface area (Å²) in [5.41, 5.74) is 0.891. The van der Waals surface area contributed by atoms with Crippen LogP contribution in [0.4, 0.5) is 5.69 Å². The number of nitrogens with one attached hydrogen (secondary N) is 1. The van der Waals surface area contributed by atoms with E-state index in [0.29, 0.717) is 22.8 Å². The number of ether oxygens (including phenoxy) is 1. The number of furan rings is 1. The molecule has 1 aromatic heterocycles. The Morgan fingerprint density at radius 3 is 2.66 bits per heavy atom. The second kappa shape index (κ2) is 8.95. The third kappa shape index (κ3) is 4.86. The van der Waals surface area contributed by atoms with E-state index in [1.165, 1.54) is 36.8 Å². The molecule has 0 bridgehead atoms. The van der Waals surface area contributed by atoms with Crippen LogP contribution in [0, 0.1) is 0 Å². The lowest BCUT2D eigenvalue weighted by atomic mass is 10.1. The average Bonchev–Trinajstić information content (AvgIpc) is 3.35. The highest BCUT2D eigenvalue weighted by Gasteiger charge is 2.43. The molecule has 29 heavy (non-hydrogen) atoms. The third-order valence-corrected chi connectivity index (χ3v) is 5.60. The number of hydrogen-bond acceptors (Lipinski definition) is 7. The fourth-order valence-corrected chi connectivity index (χ4v) is 4.39. The first-order chi connectivity index (χ1) is 13.9. The molecule has 1 saturated heterocycles. The fourth-order valence-electron chi connectivity index (χ4n) is 2.97. The van der Waals surface area contributed by atoms with Gasteiger partial charge in [0.25, 0.3) is 5.91 Å². The molecule has 1 aliphatic heterocycles. The second-order valence-electron chi connectivity index (χ2n) is 6.44. The van der Waals surface area contributed by atoms with Crippen LogP contribution in [0.25, 0.3) is 0 Å². The smallest absolute Gasteiger partial charge is 0.330 e. The van der Waals surface area contributed by atoms with Gasteiger partial charge in [-0.3, -0.25) is 14.4 Å². The molecule has 9 heteroatoms. The van der Waals surface area contributed by atoms with E-state index in [0.717, 1.165) is 0 Å². The van der Waals surface area contributed by atoms with Gasteiger partial charge < -0.3 is 19.4 Å². The van der Waals surface area contributed by atoms with E-state index in [2.05, 4.69) is 5.32 Å². The molecule has 2 heterocycles. The first-order valence-corrected chi connectivity index (χ1v) is 9.93. The maximum Gasteiger partial charge on any atom is 0.330 e. The Balaban J connectivity index is 1.58. The molecule has 0 aliphatic carbocycles. The number of anilines is 1. The van der Waals surface area contributed by atoms with Crippen LogP contribution in [0.5, 0.6) is 0 Å². The Bertz CT molecular complexity index is 927. The maximum atomic E-state index is 12.5. The Labute approximate surface area is 171 Å². The molecule has 0 spiro atoms. The zero-order valence-electron chi connectivity index (χ0n) is 15.9. The van der Waals surface area contributed by atoms with Gasteiger partial charge in [0.05, 0.1) is 6.26 Å². The van der Waals surface area contributed by atoms with Gasteiger partial charge in [0.15, 0.2) is 12.4 Å². The van der Waals surface area contributed by atoms with Crippen molar-refractivity contribution in [1.29, 1.82) is 0 Å². The minimum atomic E-state index is -0.804. The van der Waals surface area contributed by atoms with Crippen LogP contribution < -0.4 is 5.32 Å². The lowest BCUT2D eigenvalue weighted by molar-refractivity contribution is -0.155. The summed E-state index contributed by atoms with van der Waals surface area (Å²) < 4.78 is 10.5. The predicted octanol–water partition coefficient (Wildman–Crippen LogP) is 2.63. The van der Waals surface area contributed by atoms with Crippen molar-refractivity contribution in [3.05, 3.63) is 54.0 Å². The molecule has 2 aromatic rings. The SMILES string of the molecule is CC(=O)c1cccc(NC(=O)COC(=O)[C@H]2CS[C@@H](c3ccco3)N2C(C)=O)c1. The second-order valence-corrected chi connectivity index (χ2v) is 7.55. The van der Waals surface area contributed by atoms with Crippen molar-refractivity contribution >= 4 is 41.0 Å². The van der Waals surface area contributed by atoms with Gasteiger partial charge in [-0.1, -0.05) is 12.1 Å². The topological polar surface area (TPSA) is 106 Å². The van der Waals surface area contributed by atoms with Crippen LogP contribution in [0.1, 0.15) is 35.3 Å². The first-order valence-electron chi connectivity index (χ1n) is 8.88. The predicted molar refractivity (Wildman–Crippen MR) is 106 cm³/mol. The number of thioether (sulfide) groups is 1. The van der Waals surface area contributed by atoms with Crippen LogP contribution in [0.3, 0.4) is 0 Å². The molecular weight excluding hydrogens is 396 g/mol. The van der Waals surface area contributed by atoms with E-state index < -0.39 is 29.9 Å². The zero-order valence-corrected chi connectivity index (χ0v) is 16.7. The van der Waals surface area contributed by atoms with Gasteiger partial charge in [-0.15, -0.1) is 11.8 Å². The number of benzene rings is 1. The summed E-state index contributed by atoms with van der Waals surface area (Å²) in [6.45, 7) is 2.30. The monoisotopic (exact) mass is 416 g/mol. The van der Waals surface area contributed by atoms with Crippen LogP contribution in [0.2, 0.25) is 0 Å². The van der Waals surface area contributed by atoms with E-state index in [1.54, 1.807) is 36.4 Å². The van der Waals surface area contributed by atoms with Gasteiger partial charge in [0, 0.05) is 23.9 Å². The number of nitrogens with zero attached hydrogens (tertiary/aromatic N) is 1. The van der Waals surface area contributed by atoms with Gasteiger partial charge in [0.1, 0.15) is 17.2 Å². The number of carbonyl (C=O) groups excluding carboxylic acids is 4. The lowest BCUT2D eigenvalue weighted by Crippen LogP contribution is -2.43. The quantitative estimate of drug-likeness (QED) is 0.570. The number of Topliss-reactive ketones (excluding diaryl/α,β-unsaturated/α-hetero) is 1. The Morgan fingerprint density at radius 1 is 1.21 bits per heavy atom. The summed E-state index contributed by atoms with van der Waals surface area (Å²) >= 11 is 1.39. The van der Waals surface area contributed by atoms with E-state index >= 15 is 0 Å². The molecule has 3 rings (SSSR count). The van der Waals surface area contributed by atoms with Crippen LogP contribution >= 0.6 is 11.8 Å². The van der Waals surface area contributed by atoms with Crippen molar-refractivity contribution in [3.8, 4) is 0 Å². The van der Waals surface area contributed by atoms with Crippen molar-refractivity contribution in [3.63, 3.8) is 0 Å². The van der Waals surface area contributed by atoms with E-state index in [1.807, 2.05) is 0 Å². The largest absolute Gasteiger partial charge is 0.466 e. The van der Waals surface area contributed by atoms with Crippen molar-refractivity contribution in [2.24, 2.45) is 0 Å². The van der Waals surface area contributed by atoms with Crippen LogP contribution in [0.15, 0.2) is 47.1 Å². The Kier molecular flexibility index (Phi) is 6.38. The Morgan fingerprint density at radius 2 is 2.00 bits per heavy atom. The first kappa shape index (κ1) is 20.7. The number of amides is 2.